The van der Waals surface area contributed by atoms with Gasteiger partial charge in [-0.15, -0.1) is 0 Å². The van der Waals surface area contributed by atoms with Crippen LogP contribution >= 0.6 is 12.6 Å². The summed E-state index contributed by atoms with van der Waals surface area (Å²) in [7, 11) is 0. The molecule has 0 N–H and O–H groups in total. The van der Waals surface area contributed by atoms with Crippen molar-refractivity contribution in [2.24, 2.45) is 5.92 Å². The fourth-order valence-corrected chi connectivity index (χ4v) is 1.93. The van der Waals surface area contributed by atoms with E-state index in [0.717, 1.165) is 31.0 Å². The van der Waals surface area contributed by atoms with E-state index < -0.39 is 0 Å². The summed E-state index contributed by atoms with van der Waals surface area (Å²) in [5, 5.41) is 0. The Balaban J connectivity index is 1.95. The lowest BCUT2D eigenvalue weighted by molar-refractivity contribution is 0.0911. The van der Waals surface area contributed by atoms with Gasteiger partial charge in [-0.05, 0) is 36.6 Å². The van der Waals surface area contributed by atoms with Gasteiger partial charge in [-0.2, -0.15) is 12.6 Å². The molecule has 0 aromatic heterocycles. The van der Waals surface area contributed by atoms with E-state index in [9.17, 15) is 0 Å². The van der Waals surface area contributed by atoms with Gasteiger partial charge in [0.15, 0.2) is 0 Å². The summed E-state index contributed by atoms with van der Waals surface area (Å²) in [5.41, 5.74) is 0. The number of rotatable bonds is 9. The molecule has 3 heteroatoms. The number of ether oxygens (including phenoxy) is 2. The molecule has 0 bridgehead atoms. The smallest absolute Gasteiger partial charge is 0.119 e. The highest BCUT2D eigenvalue weighted by molar-refractivity contribution is 7.80. The number of hydrogen-bond donors (Lipinski definition) is 1. The summed E-state index contributed by atoms with van der Waals surface area (Å²) in [6.07, 6.45) is 2.26. The summed E-state index contributed by atoms with van der Waals surface area (Å²) in [6, 6.07) is 9.82. The average molecular weight is 254 g/mol. The molecular weight excluding hydrogens is 232 g/mol. The minimum atomic E-state index is 0.616. The van der Waals surface area contributed by atoms with Crippen LogP contribution in [0.15, 0.2) is 30.3 Å². The van der Waals surface area contributed by atoms with Crippen molar-refractivity contribution in [3.63, 3.8) is 0 Å². The minimum absolute atomic E-state index is 0.616. The molecule has 0 aliphatic carbocycles. The summed E-state index contributed by atoms with van der Waals surface area (Å²) >= 11 is 4.22. The third kappa shape index (κ3) is 7.29. The Morgan fingerprint density at radius 2 is 1.82 bits per heavy atom. The van der Waals surface area contributed by atoms with Crippen LogP contribution in [0.2, 0.25) is 0 Å². The number of hydrogen-bond acceptors (Lipinski definition) is 3. The maximum absolute atomic E-state index is 5.52. The Morgan fingerprint density at radius 3 is 2.53 bits per heavy atom. The van der Waals surface area contributed by atoms with Gasteiger partial charge >= 0.3 is 0 Å². The van der Waals surface area contributed by atoms with E-state index in [0.29, 0.717) is 19.1 Å². The summed E-state index contributed by atoms with van der Waals surface area (Å²) in [6.45, 7) is 4.32. The summed E-state index contributed by atoms with van der Waals surface area (Å²) in [4.78, 5) is 0. The van der Waals surface area contributed by atoms with Crippen molar-refractivity contribution in [3.05, 3.63) is 30.3 Å². The summed E-state index contributed by atoms with van der Waals surface area (Å²) < 4.78 is 11.0. The van der Waals surface area contributed by atoms with E-state index in [1.807, 2.05) is 30.3 Å². The maximum Gasteiger partial charge on any atom is 0.119 e. The zero-order valence-electron chi connectivity index (χ0n) is 10.5. The number of para-hydroxylation sites is 1. The first-order chi connectivity index (χ1) is 8.33. The van der Waals surface area contributed by atoms with Crippen molar-refractivity contribution in [2.45, 2.75) is 19.8 Å². The van der Waals surface area contributed by atoms with Crippen LogP contribution in [0.3, 0.4) is 0 Å². The van der Waals surface area contributed by atoms with Crippen molar-refractivity contribution in [2.75, 3.05) is 25.6 Å². The molecule has 1 rings (SSSR count). The highest BCUT2D eigenvalue weighted by Gasteiger charge is 2.00. The fourth-order valence-electron chi connectivity index (χ4n) is 1.49. The molecule has 17 heavy (non-hydrogen) atoms. The second-order valence-electron chi connectivity index (χ2n) is 4.18. The molecule has 1 atom stereocenters. The van der Waals surface area contributed by atoms with Crippen LogP contribution in [0.4, 0.5) is 0 Å². The van der Waals surface area contributed by atoms with Gasteiger partial charge in [0.1, 0.15) is 12.4 Å². The topological polar surface area (TPSA) is 18.5 Å². The third-order valence-electron chi connectivity index (χ3n) is 2.62. The molecule has 0 radical (unpaired) electrons. The Morgan fingerprint density at radius 1 is 1.06 bits per heavy atom. The Bertz CT molecular complexity index is 277. The molecule has 1 aromatic rings. The second kappa shape index (κ2) is 9.37. The van der Waals surface area contributed by atoms with Crippen molar-refractivity contribution in [1.29, 1.82) is 0 Å². The first kappa shape index (κ1) is 14.4. The van der Waals surface area contributed by atoms with E-state index in [1.165, 1.54) is 0 Å². The lowest BCUT2D eigenvalue weighted by atomic mass is 10.1. The molecule has 1 aromatic carbocycles. The lowest BCUT2D eigenvalue weighted by Gasteiger charge is -2.10. The zero-order valence-corrected chi connectivity index (χ0v) is 11.4. The maximum atomic E-state index is 5.52. The predicted molar refractivity (Wildman–Crippen MR) is 75.0 cm³/mol. The molecule has 0 aliphatic heterocycles. The molecular formula is C14H22O2S. The van der Waals surface area contributed by atoms with Crippen molar-refractivity contribution in [1.82, 2.24) is 0 Å². The molecule has 0 heterocycles. The van der Waals surface area contributed by atoms with Gasteiger partial charge in [0.05, 0.1) is 6.61 Å². The van der Waals surface area contributed by atoms with Crippen LogP contribution < -0.4 is 4.74 Å². The Kier molecular flexibility index (Phi) is 7.93. The molecule has 2 nitrogen and oxygen atoms in total. The van der Waals surface area contributed by atoms with Gasteiger partial charge < -0.3 is 9.47 Å². The van der Waals surface area contributed by atoms with Crippen LogP contribution in [-0.2, 0) is 4.74 Å². The number of benzene rings is 1. The van der Waals surface area contributed by atoms with Gasteiger partial charge in [0.2, 0.25) is 0 Å². The minimum Gasteiger partial charge on any atom is -0.491 e. The molecule has 0 aliphatic rings. The van der Waals surface area contributed by atoms with Crippen LogP contribution in [0.1, 0.15) is 19.8 Å². The quantitative estimate of drug-likeness (QED) is 0.537. The van der Waals surface area contributed by atoms with Crippen LogP contribution in [-0.4, -0.2) is 25.6 Å². The largest absolute Gasteiger partial charge is 0.491 e. The first-order valence-electron chi connectivity index (χ1n) is 6.19. The zero-order chi connectivity index (χ0) is 12.3. The van der Waals surface area contributed by atoms with Gasteiger partial charge in [0, 0.05) is 6.61 Å². The molecule has 0 spiro atoms. The van der Waals surface area contributed by atoms with E-state index in [4.69, 9.17) is 9.47 Å². The van der Waals surface area contributed by atoms with Gasteiger partial charge in [-0.25, -0.2) is 0 Å². The highest BCUT2D eigenvalue weighted by Crippen LogP contribution is 2.09. The normalized spacial score (nSPS) is 12.4. The van der Waals surface area contributed by atoms with Gasteiger partial charge in [-0.3, -0.25) is 0 Å². The molecule has 96 valence electrons. The Labute approximate surface area is 110 Å². The molecule has 1 unspecified atom stereocenters. The molecule has 0 saturated carbocycles. The van der Waals surface area contributed by atoms with Crippen LogP contribution in [0, 0.1) is 5.92 Å². The highest BCUT2D eigenvalue weighted by atomic mass is 32.1. The Hall–Kier alpha value is -0.670. The second-order valence-corrected chi connectivity index (χ2v) is 4.63. The monoisotopic (exact) mass is 254 g/mol. The van der Waals surface area contributed by atoms with Crippen LogP contribution in [0.5, 0.6) is 5.75 Å². The van der Waals surface area contributed by atoms with Gasteiger partial charge in [0.25, 0.3) is 0 Å². The fraction of sp³-hybridized carbons (Fsp3) is 0.571. The van der Waals surface area contributed by atoms with Crippen molar-refractivity contribution >= 4 is 12.6 Å². The molecule has 0 amide bonds. The molecule has 0 fully saturated rings. The van der Waals surface area contributed by atoms with E-state index in [2.05, 4.69) is 19.6 Å². The lowest BCUT2D eigenvalue weighted by Crippen LogP contribution is -2.09. The third-order valence-corrected chi connectivity index (χ3v) is 2.87. The van der Waals surface area contributed by atoms with Gasteiger partial charge in [-0.1, -0.05) is 25.1 Å². The first-order valence-corrected chi connectivity index (χ1v) is 6.82. The van der Waals surface area contributed by atoms with Crippen LogP contribution in [0.25, 0.3) is 0 Å². The van der Waals surface area contributed by atoms with E-state index in [-0.39, 0.29) is 0 Å². The average Bonchev–Trinajstić information content (AvgIpc) is 2.35. The van der Waals surface area contributed by atoms with Crippen molar-refractivity contribution in [3.8, 4) is 5.75 Å². The van der Waals surface area contributed by atoms with E-state index in [1.54, 1.807) is 0 Å². The molecule has 0 saturated heterocycles. The predicted octanol–water partition coefficient (Wildman–Crippen LogP) is 3.43. The van der Waals surface area contributed by atoms with E-state index >= 15 is 0 Å². The summed E-state index contributed by atoms with van der Waals surface area (Å²) in [5.74, 6) is 2.56. The standard InChI is InChI=1S/C14H22O2S/c1-13(8-12-17)7-9-15-10-11-16-14-5-3-2-4-6-14/h2-6,13,17H,7-12H2,1H3. The van der Waals surface area contributed by atoms with Crippen molar-refractivity contribution < 1.29 is 9.47 Å². The number of thiol groups is 1. The SMILES string of the molecule is CC(CCS)CCOCCOc1ccccc1.